The van der Waals surface area contributed by atoms with Crippen LogP contribution in [0.25, 0.3) is 0 Å². The van der Waals surface area contributed by atoms with Crippen molar-refractivity contribution in [1.82, 2.24) is 8.61 Å². The van der Waals surface area contributed by atoms with Gasteiger partial charge in [0.2, 0.25) is 26.0 Å². The first-order valence-electron chi connectivity index (χ1n) is 11.8. The third-order valence-electron chi connectivity index (χ3n) is 6.57. The molecule has 35 heavy (non-hydrogen) atoms. The van der Waals surface area contributed by atoms with Crippen LogP contribution in [0.2, 0.25) is 0 Å². The molecule has 2 aromatic rings. The largest absolute Gasteiger partial charge is 0.495 e. The number of nitrogens with one attached hydrogen (secondary N) is 1. The third-order valence-corrected chi connectivity index (χ3v) is 10.4. The van der Waals surface area contributed by atoms with E-state index in [0.717, 1.165) is 19.3 Å². The third kappa shape index (κ3) is 5.53. The molecule has 2 fully saturated rings. The summed E-state index contributed by atoms with van der Waals surface area (Å²) in [5.41, 5.74) is 0.366. The molecular weight excluding hydrogens is 490 g/mol. The van der Waals surface area contributed by atoms with Gasteiger partial charge in [-0.15, -0.1) is 0 Å². The van der Waals surface area contributed by atoms with Crippen LogP contribution in [0, 0.1) is 5.92 Å². The molecular formula is C24H31N3O6S2. The average molecular weight is 522 g/mol. The number of anilines is 1. The molecule has 11 heteroatoms. The molecule has 0 aromatic heterocycles. The van der Waals surface area contributed by atoms with Crippen LogP contribution in [-0.2, 0) is 24.8 Å². The predicted octanol–water partition coefficient (Wildman–Crippen LogP) is 2.91. The molecule has 0 saturated carbocycles. The van der Waals surface area contributed by atoms with E-state index < -0.39 is 20.0 Å². The standard InChI is InChI=1S/C24H31N3O6S2/c1-33-22-11-10-20(18-23(22)35(31,32)26-14-6-3-7-15-26)25-24(28)19-12-16-27(17-13-19)34(29,30)21-8-4-2-5-9-21/h2,4-5,8-11,18-19H,3,6-7,12-17H2,1H3,(H,25,28). The average Bonchev–Trinajstić information content (AvgIpc) is 2.89. The Labute approximate surface area is 207 Å². The Bertz CT molecular complexity index is 1250. The van der Waals surface area contributed by atoms with Crippen LogP contribution in [0.4, 0.5) is 5.69 Å². The van der Waals surface area contributed by atoms with Gasteiger partial charge < -0.3 is 10.1 Å². The number of hydrogen-bond acceptors (Lipinski definition) is 6. The number of piperidine rings is 2. The first kappa shape index (κ1) is 25.6. The van der Waals surface area contributed by atoms with Gasteiger partial charge in [-0.3, -0.25) is 4.79 Å². The van der Waals surface area contributed by atoms with E-state index in [0.29, 0.717) is 31.6 Å². The molecule has 0 bridgehead atoms. The first-order chi connectivity index (χ1) is 16.7. The lowest BCUT2D eigenvalue weighted by molar-refractivity contribution is -0.120. The van der Waals surface area contributed by atoms with E-state index in [2.05, 4.69) is 5.32 Å². The van der Waals surface area contributed by atoms with E-state index in [1.165, 1.54) is 21.8 Å². The van der Waals surface area contributed by atoms with Gasteiger partial charge in [0.05, 0.1) is 12.0 Å². The van der Waals surface area contributed by atoms with Crippen molar-refractivity contribution in [3.8, 4) is 5.75 Å². The van der Waals surface area contributed by atoms with Gasteiger partial charge in [-0.1, -0.05) is 24.6 Å². The minimum atomic E-state index is -3.75. The van der Waals surface area contributed by atoms with Crippen LogP contribution in [0.3, 0.4) is 0 Å². The number of carbonyl (C=O) groups is 1. The highest BCUT2D eigenvalue weighted by atomic mass is 32.2. The summed E-state index contributed by atoms with van der Waals surface area (Å²) in [6, 6.07) is 12.8. The molecule has 0 radical (unpaired) electrons. The quantitative estimate of drug-likeness (QED) is 0.600. The molecule has 190 valence electrons. The Morgan fingerprint density at radius 2 is 1.49 bits per heavy atom. The molecule has 0 atom stereocenters. The van der Waals surface area contributed by atoms with Crippen molar-refractivity contribution in [3.05, 3.63) is 48.5 Å². The molecule has 0 aliphatic carbocycles. The molecule has 1 amide bonds. The van der Waals surface area contributed by atoms with Gasteiger partial charge >= 0.3 is 0 Å². The van der Waals surface area contributed by atoms with E-state index in [-0.39, 0.29) is 40.5 Å². The Hall–Kier alpha value is -2.47. The second kappa shape index (κ2) is 10.7. The Morgan fingerprint density at radius 1 is 0.857 bits per heavy atom. The molecule has 9 nitrogen and oxygen atoms in total. The van der Waals surface area contributed by atoms with Gasteiger partial charge in [0.25, 0.3) is 0 Å². The highest BCUT2D eigenvalue weighted by molar-refractivity contribution is 7.89. The van der Waals surface area contributed by atoms with E-state index in [1.807, 2.05) is 0 Å². The SMILES string of the molecule is COc1ccc(NC(=O)C2CCN(S(=O)(=O)c3ccccc3)CC2)cc1S(=O)(=O)N1CCCCC1. The van der Waals surface area contributed by atoms with Crippen molar-refractivity contribution in [1.29, 1.82) is 0 Å². The summed E-state index contributed by atoms with van der Waals surface area (Å²) in [5.74, 6) is -0.400. The summed E-state index contributed by atoms with van der Waals surface area (Å²) in [6.07, 6.45) is 3.40. The van der Waals surface area contributed by atoms with Gasteiger partial charge in [-0.05, 0) is 56.0 Å². The van der Waals surface area contributed by atoms with Crippen LogP contribution in [-0.4, -0.2) is 64.6 Å². The van der Waals surface area contributed by atoms with Crippen LogP contribution >= 0.6 is 0 Å². The number of nitrogens with zero attached hydrogens (tertiary/aromatic N) is 2. The van der Waals surface area contributed by atoms with E-state index >= 15 is 0 Å². The van der Waals surface area contributed by atoms with Crippen molar-refractivity contribution < 1.29 is 26.4 Å². The monoisotopic (exact) mass is 521 g/mol. The number of sulfonamides is 2. The zero-order valence-electron chi connectivity index (χ0n) is 19.7. The van der Waals surface area contributed by atoms with E-state index in [9.17, 15) is 21.6 Å². The molecule has 2 aliphatic rings. The minimum absolute atomic E-state index is 0.0310. The maximum atomic E-state index is 13.2. The highest BCUT2D eigenvalue weighted by Gasteiger charge is 2.33. The Kier molecular flexibility index (Phi) is 7.80. The summed E-state index contributed by atoms with van der Waals surface area (Å²) >= 11 is 0. The lowest BCUT2D eigenvalue weighted by Crippen LogP contribution is -2.41. The number of hydrogen-bond donors (Lipinski definition) is 1. The van der Waals surface area contributed by atoms with E-state index in [1.54, 1.807) is 42.5 Å². The molecule has 0 spiro atoms. The molecule has 2 heterocycles. The number of rotatable bonds is 7. The first-order valence-corrected chi connectivity index (χ1v) is 14.7. The highest BCUT2D eigenvalue weighted by Crippen LogP contribution is 2.32. The lowest BCUT2D eigenvalue weighted by atomic mass is 9.97. The van der Waals surface area contributed by atoms with E-state index in [4.69, 9.17) is 4.74 Å². The Balaban J connectivity index is 1.44. The van der Waals surface area contributed by atoms with Crippen molar-refractivity contribution in [2.45, 2.75) is 41.9 Å². The second-order valence-electron chi connectivity index (χ2n) is 8.81. The fourth-order valence-electron chi connectivity index (χ4n) is 4.54. The van der Waals surface area contributed by atoms with Gasteiger partial charge in [-0.2, -0.15) is 8.61 Å². The van der Waals surface area contributed by atoms with Crippen LogP contribution in [0.1, 0.15) is 32.1 Å². The maximum Gasteiger partial charge on any atom is 0.246 e. The number of benzene rings is 2. The Morgan fingerprint density at radius 3 is 2.11 bits per heavy atom. The fourth-order valence-corrected chi connectivity index (χ4v) is 7.73. The number of carbonyl (C=O) groups excluding carboxylic acids is 1. The van der Waals surface area contributed by atoms with Gasteiger partial charge in [0.1, 0.15) is 10.6 Å². The maximum absolute atomic E-state index is 13.2. The molecule has 2 aliphatic heterocycles. The molecule has 2 aromatic carbocycles. The molecule has 4 rings (SSSR count). The summed E-state index contributed by atoms with van der Waals surface area (Å²) in [4.78, 5) is 13.2. The number of ether oxygens (including phenoxy) is 1. The van der Waals surface area contributed by atoms with Crippen LogP contribution in [0.5, 0.6) is 5.75 Å². The van der Waals surface area contributed by atoms with Gasteiger partial charge in [0, 0.05) is 37.8 Å². The minimum Gasteiger partial charge on any atom is -0.495 e. The zero-order valence-corrected chi connectivity index (χ0v) is 21.4. The van der Waals surface area contributed by atoms with Gasteiger partial charge in [-0.25, -0.2) is 16.8 Å². The van der Waals surface area contributed by atoms with Crippen molar-refractivity contribution in [2.75, 3.05) is 38.6 Å². The zero-order chi connectivity index (χ0) is 25.1. The summed E-state index contributed by atoms with van der Waals surface area (Å²) < 4.78 is 60.3. The summed E-state index contributed by atoms with van der Waals surface area (Å²) in [5, 5.41) is 2.82. The second-order valence-corrected chi connectivity index (χ2v) is 12.7. The van der Waals surface area contributed by atoms with Crippen molar-refractivity contribution >= 4 is 31.6 Å². The number of amides is 1. The van der Waals surface area contributed by atoms with Crippen molar-refractivity contribution in [3.63, 3.8) is 0 Å². The lowest BCUT2D eigenvalue weighted by Gasteiger charge is -2.30. The van der Waals surface area contributed by atoms with Crippen LogP contribution < -0.4 is 10.1 Å². The smallest absolute Gasteiger partial charge is 0.246 e. The van der Waals surface area contributed by atoms with Crippen molar-refractivity contribution in [2.24, 2.45) is 5.92 Å². The predicted molar refractivity (Wildman–Crippen MR) is 132 cm³/mol. The summed E-state index contributed by atoms with van der Waals surface area (Å²) in [7, 11) is -5.93. The fraction of sp³-hybridized carbons (Fsp3) is 0.458. The topological polar surface area (TPSA) is 113 Å². The normalized spacial score (nSPS) is 18.8. The summed E-state index contributed by atoms with van der Waals surface area (Å²) in [6.45, 7) is 1.41. The molecule has 0 unspecified atom stereocenters. The number of methoxy groups -OCH3 is 1. The molecule has 2 saturated heterocycles. The van der Waals surface area contributed by atoms with Gasteiger partial charge in [0.15, 0.2) is 0 Å². The molecule has 1 N–H and O–H groups in total. The van der Waals surface area contributed by atoms with Crippen LogP contribution in [0.15, 0.2) is 58.3 Å².